The van der Waals surface area contributed by atoms with Crippen molar-refractivity contribution >= 4 is 5.91 Å². The van der Waals surface area contributed by atoms with Gasteiger partial charge < -0.3 is 15.4 Å². The van der Waals surface area contributed by atoms with Crippen molar-refractivity contribution in [2.24, 2.45) is 12.8 Å². The topological polar surface area (TPSA) is 97.3 Å². The Hall–Kier alpha value is -2.25. The highest BCUT2D eigenvalue weighted by molar-refractivity contribution is 5.92. The molecule has 1 aliphatic heterocycles. The first-order valence-corrected chi connectivity index (χ1v) is 8.12. The number of benzene rings is 1. The molecule has 2 aromatic rings. The van der Waals surface area contributed by atoms with E-state index in [1.165, 1.54) is 0 Å². The van der Waals surface area contributed by atoms with E-state index in [1.807, 2.05) is 23.7 Å². The number of aromatic nitrogens is 3. The summed E-state index contributed by atoms with van der Waals surface area (Å²) < 4.78 is 1.85. The SMILES string of the molecule is Cn1cnnc1CC1(O)CCCN(Cc2ccc(C(N)=O)cc2)C1. The Kier molecular flexibility index (Phi) is 4.64. The van der Waals surface area contributed by atoms with Crippen LogP contribution >= 0.6 is 0 Å². The lowest BCUT2D eigenvalue weighted by Gasteiger charge is -2.39. The van der Waals surface area contributed by atoms with E-state index in [0.29, 0.717) is 18.5 Å². The number of nitrogens with zero attached hydrogens (tertiary/aromatic N) is 4. The zero-order chi connectivity index (χ0) is 17.2. The van der Waals surface area contributed by atoms with E-state index in [4.69, 9.17) is 5.73 Å². The number of amides is 1. The maximum atomic E-state index is 11.1. The highest BCUT2D eigenvalue weighted by Crippen LogP contribution is 2.25. The third-order valence-corrected chi connectivity index (χ3v) is 4.57. The molecule has 3 N–H and O–H groups in total. The smallest absolute Gasteiger partial charge is 0.248 e. The third kappa shape index (κ3) is 3.80. The van der Waals surface area contributed by atoms with Crippen LogP contribution in [0.25, 0.3) is 0 Å². The number of hydrogen-bond donors (Lipinski definition) is 2. The molecule has 7 heteroatoms. The number of piperidine rings is 1. The number of hydrogen-bond acceptors (Lipinski definition) is 5. The molecule has 0 radical (unpaired) electrons. The molecule has 24 heavy (non-hydrogen) atoms. The van der Waals surface area contributed by atoms with E-state index < -0.39 is 11.5 Å². The van der Waals surface area contributed by atoms with E-state index in [-0.39, 0.29) is 0 Å². The van der Waals surface area contributed by atoms with Crippen molar-refractivity contribution in [2.45, 2.75) is 31.4 Å². The van der Waals surface area contributed by atoms with Gasteiger partial charge in [0, 0.05) is 32.1 Å². The van der Waals surface area contributed by atoms with Gasteiger partial charge in [-0.2, -0.15) is 0 Å². The highest BCUT2D eigenvalue weighted by atomic mass is 16.3. The van der Waals surface area contributed by atoms with Crippen LogP contribution in [0.3, 0.4) is 0 Å². The molecule has 1 saturated heterocycles. The van der Waals surface area contributed by atoms with Crippen LogP contribution in [0.4, 0.5) is 0 Å². The normalized spacial score (nSPS) is 21.8. The summed E-state index contributed by atoms with van der Waals surface area (Å²) >= 11 is 0. The van der Waals surface area contributed by atoms with Crippen molar-refractivity contribution in [2.75, 3.05) is 13.1 Å². The van der Waals surface area contributed by atoms with Crippen LogP contribution in [0.5, 0.6) is 0 Å². The second-order valence-electron chi connectivity index (χ2n) is 6.63. The second kappa shape index (κ2) is 6.70. The van der Waals surface area contributed by atoms with E-state index in [9.17, 15) is 9.90 Å². The Morgan fingerprint density at radius 1 is 1.38 bits per heavy atom. The molecule has 1 amide bonds. The number of carbonyl (C=O) groups is 1. The van der Waals surface area contributed by atoms with Crippen LogP contribution in [0, 0.1) is 0 Å². The standard InChI is InChI=1S/C17H23N5O2/c1-21-12-19-20-15(21)9-17(24)7-2-8-22(11-17)10-13-3-5-14(6-4-13)16(18)23/h3-6,12,24H,2,7-11H2,1H3,(H2,18,23). The average Bonchev–Trinajstić information content (AvgIpc) is 2.92. The highest BCUT2D eigenvalue weighted by Gasteiger charge is 2.34. The molecule has 1 aliphatic rings. The van der Waals surface area contributed by atoms with Gasteiger partial charge in [-0.25, -0.2) is 0 Å². The summed E-state index contributed by atoms with van der Waals surface area (Å²) in [6.45, 7) is 2.27. The molecule has 2 heterocycles. The predicted molar refractivity (Wildman–Crippen MR) is 89.1 cm³/mol. The van der Waals surface area contributed by atoms with Crippen molar-refractivity contribution in [3.05, 3.63) is 47.5 Å². The lowest BCUT2D eigenvalue weighted by atomic mass is 9.89. The number of β-amino-alcohol motifs (C(OH)–C–C–N with tert-alkyl or cyclic N) is 1. The zero-order valence-electron chi connectivity index (χ0n) is 13.9. The maximum Gasteiger partial charge on any atom is 0.248 e. The van der Waals surface area contributed by atoms with Gasteiger partial charge in [0.2, 0.25) is 5.91 Å². The molecule has 0 saturated carbocycles. The number of aliphatic hydroxyl groups is 1. The molecule has 0 spiro atoms. The largest absolute Gasteiger partial charge is 0.388 e. The molecule has 128 valence electrons. The van der Waals surface area contributed by atoms with E-state index in [0.717, 1.165) is 37.3 Å². The van der Waals surface area contributed by atoms with Crippen LogP contribution in [0.2, 0.25) is 0 Å². The lowest BCUT2D eigenvalue weighted by molar-refractivity contribution is -0.0344. The van der Waals surface area contributed by atoms with E-state index in [2.05, 4.69) is 15.1 Å². The molecule has 1 unspecified atom stereocenters. The van der Waals surface area contributed by atoms with Crippen molar-refractivity contribution in [1.29, 1.82) is 0 Å². The number of likely N-dealkylation sites (tertiary alicyclic amines) is 1. The fourth-order valence-corrected chi connectivity index (χ4v) is 3.28. The second-order valence-corrected chi connectivity index (χ2v) is 6.63. The fraction of sp³-hybridized carbons (Fsp3) is 0.471. The van der Waals surface area contributed by atoms with Gasteiger partial charge in [0.25, 0.3) is 0 Å². The summed E-state index contributed by atoms with van der Waals surface area (Å²) in [4.78, 5) is 13.4. The summed E-state index contributed by atoms with van der Waals surface area (Å²) in [5, 5.41) is 18.9. The zero-order valence-corrected chi connectivity index (χ0v) is 13.9. The number of aryl methyl sites for hydroxylation is 1. The first-order chi connectivity index (χ1) is 11.5. The predicted octanol–water partition coefficient (Wildman–Crippen LogP) is 0.484. The van der Waals surface area contributed by atoms with E-state index >= 15 is 0 Å². The monoisotopic (exact) mass is 329 g/mol. The Labute approximate surface area is 141 Å². The van der Waals surface area contributed by atoms with Gasteiger partial charge in [-0.15, -0.1) is 10.2 Å². The van der Waals surface area contributed by atoms with Crippen molar-refractivity contribution < 1.29 is 9.90 Å². The van der Waals surface area contributed by atoms with Crippen LogP contribution in [-0.2, 0) is 20.0 Å². The first kappa shape index (κ1) is 16.6. The van der Waals surface area contributed by atoms with Gasteiger partial charge in [0.1, 0.15) is 12.2 Å². The number of nitrogens with two attached hydrogens (primary N) is 1. The van der Waals surface area contributed by atoms with Crippen molar-refractivity contribution in [3.8, 4) is 0 Å². The van der Waals surface area contributed by atoms with Crippen molar-refractivity contribution in [3.63, 3.8) is 0 Å². The summed E-state index contributed by atoms with van der Waals surface area (Å²) in [7, 11) is 1.89. The Morgan fingerprint density at radius 3 is 2.75 bits per heavy atom. The molecule has 7 nitrogen and oxygen atoms in total. The van der Waals surface area contributed by atoms with E-state index in [1.54, 1.807) is 18.5 Å². The molecular weight excluding hydrogens is 306 g/mol. The Bertz CT molecular complexity index is 712. The van der Waals surface area contributed by atoms with Gasteiger partial charge in [0.05, 0.1) is 5.60 Å². The molecule has 1 aromatic carbocycles. The maximum absolute atomic E-state index is 11.1. The number of rotatable bonds is 5. The third-order valence-electron chi connectivity index (χ3n) is 4.57. The summed E-state index contributed by atoms with van der Waals surface area (Å²) in [5.74, 6) is 0.378. The first-order valence-electron chi connectivity index (χ1n) is 8.12. The molecule has 0 bridgehead atoms. The molecule has 1 aromatic heterocycles. The lowest BCUT2D eigenvalue weighted by Crippen LogP contribution is -2.49. The number of primary amides is 1. The van der Waals surface area contributed by atoms with Crippen LogP contribution < -0.4 is 5.73 Å². The molecule has 3 rings (SSSR count). The van der Waals surface area contributed by atoms with Crippen molar-refractivity contribution in [1.82, 2.24) is 19.7 Å². The van der Waals surface area contributed by atoms with Gasteiger partial charge in [-0.3, -0.25) is 9.69 Å². The average molecular weight is 329 g/mol. The van der Waals surface area contributed by atoms with Crippen LogP contribution in [0.15, 0.2) is 30.6 Å². The summed E-state index contributed by atoms with van der Waals surface area (Å²) in [6.07, 6.45) is 3.85. The Balaban J connectivity index is 1.64. The van der Waals surface area contributed by atoms with Gasteiger partial charge in [0.15, 0.2) is 0 Å². The number of carbonyl (C=O) groups excluding carboxylic acids is 1. The Morgan fingerprint density at radius 2 is 2.12 bits per heavy atom. The minimum atomic E-state index is -0.786. The molecule has 1 atom stereocenters. The molecule has 1 fully saturated rings. The van der Waals surface area contributed by atoms with Gasteiger partial charge in [-0.05, 0) is 37.1 Å². The molecule has 0 aliphatic carbocycles. The van der Waals surface area contributed by atoms with Gasteiger partial charge >= 0.3 is 0 Å². The fourth-order valence-electron chi connectivity index (χ4n) is 3.28. The summed E-state index contributed by atoms with van der Waals surface area (Å²) in [6, 6.07) is 7.31. The summed E-state index contributed by atoms with van der Waals surface area (Å²) in [5.41, 5.74) is 6.09. The van der Waals surface area contributed by atoms with Crippen LogP contribution in [0.1, 0.15) is 34.6 Å². The minimum absolute atomic E-state index is 0.419. The quantitative estimate of drug-likeness (QED) is 0.832. The minimum Gasteiger partial charge on any atom is -0.388 e. The van der Waals surface area contributed by atoms with Gasteiger partial charge in [-0.1, -0.05) is 12.1 Å². The van der Waals surface area contributed by atoms with Crippen LogP contribution in [-0.4, -0.2) is 49.4 Å². The molecular formula is C17H23N5O2.